The average Bonchev–Trinajstić information content (AvgIpc) is 2.91. The minimum Gasteiger partial charge on any atom is -0.322 e. The molecule has 1 aromatic carbocycles. The van der Waals surface area contributed by atoms with Crippen molar-refractivity contribution < 1.29 is 13.2 Å². The van der Waals surface area contributed by atoms with Gasteiger partial charge in [-0.1, -0.05) is 17.7 Å². The first-order valence-electron chi connectivity index (χ1n) is 8.11. The highest BCUT2D eigenvalue weighted by atomic mass is 35.5. The zero-order chi connectivity index (χ0) is 17.3. The van der Waals surface area contributed by atoms with Gasteiger partial charge in [0.25, 0.3) is 0 Å². The number of carbonyl (C=O) groups excluding carboxylic acids is 1. The number of amides is 2. The molecule has 0 saturated carbocycles. The SMILES string of the molecule is Cc1ccc(Cl)cc1NC(=O)N1CCN(C2CCS(=O)(=O)C2)CC1. The summed E-state index contributed by atoms with van der Waals surface area (Å²) in [6.45, 7) is 4.54. The number of sulfone groups is 1. The van der Waals surface area contributed by atoms with Crippen LogP contribution >= 0.6 is 11.6 Å². The number of nitrogens with zero attached hydrogens (tertiary/aromatic N) is 2. The molecule has 2 saturated heterocycles. The van der Waals surface area contributed by atoms with Crippen LogP contribution in [0.1, 0.15) is 12.0 Å². The summed E-state index contributed by atoms with van der Waals surface area (Å²) in [5.74, 6) is 0.535. The lowest BCUT2D eigenvalue weighted by molar-refractivity contribution is 0.121. The summed E-state index contributed by atoms with van der Waals surface area (Å²) in [6.07, 6.45) is 0.705. The highest BCUT2D eigenvalue weighted by Gasteiger charge is 2.34. The average molecular weight is 372 g/mol. The lowest BCUT2D eigenvalue weighted by Gasteiger charge is -2.37. The Labute approximate surface area is 147 Å². The molecule has 2 amide bonds. The van der Waals surface area contributed by atoms with Gasteiger partial charge in [0.2, 0.25) is 0 Å². The number of nitrogens with one attached hydrogen (secondary N) is 1. The predicted octanol–water partition coefficient (Wildman–Crippen LogP) is 1.99. The Morgan fingerprint density at radius 3 is 2.58 bits per heavy atom. The second-order valence-corrected chi connectivity index (χ2v) is 9.13. The summed E-state index contributed by atoms with van der Waals surface area (Å²) in [7, 11) is -2.87. The van der Waals surface area contributed by atoms with Crippen LogP contribution in [-0.4, -0.2) is 68.0 Å². The van der Waals surface area contributed by atoms with Crippen LogP contribution in [0, 0.1) is 6.92 Å². The van der Waals surface area contributed by atoms with Gasteiger partial charge in [0.15, 0.2) is 9.84 Å². The van der Waals surface area contributed by atoms with Crippen molar-refractivity contribution >= 4 is 33.2 Å². The lowest BCUT2D eigenvalue weighted by atomic mass is 10.2. The largest absolute Gasteiger partial charge is 0.322 e. The molecule has 2 aliphatic rings. The quantitative estimate of drug-likeness (QED) is 0.863. The maximum atomic E-state index is 12.4. The predicted molar refractivity (Wildman–Crippen MR) is 95.4 cm³/mol. The van der Waals surface area contributed by atoms with E-state index in [0.717, 1.165) is 11.3 Å². The van der Waals surface area contributed by atoms with E-state index in [1.165, 1.54) is 0 Å². The normalized spacial score (nSPS) is 24.1. The molecule has 3 rings (SSSR count). The van der Waals surface area contributed by atoms with Gasteiger partial charge < -0.3 is 10.2 Å². The first-order valence-corrected chi connectivity index (χ1v) is 10.3. The Balaban J connectivity index is 1.55. The van der Waals surface area contributed by atoms with Crippen LogP contribution in [0.25, 0.3) is 0 Å². The number of halogens is 1. The Morgan fingerprint density at radius 2 is 1.96 bits per heavy atom. The molecule has 6 nitrogen and oxygen atoms in total. The van der Waals surface area contributed by atoms with Crippen molar-refractivity contribution in [2.24, 2.45) is 0 Å². The van der Waals surface area contributed by atoms with Crippen LogP contribution in [0.15, 0.2) is 18.2 Å². The highest BCUT2D eigenvalue weighted by molar-refractivity contribution is 7.91. The second kappa shape index (κ2) is 6.90. The summed E-state index contributed by atoms with van der Waals surface area (Å²) < 4.78 is 23.2. The molecule has 0 spiro atoms. The van der Waals surface area contributed by atoms with Crippen LogP contribution in [-0.2, 0) is 9.84 Å². The number of urea groups is 1. The zero-order valence-electron chi connectivity index (χ0n) is 13.7. The van der Waals surface area contributed by atoms with E-state index in [-0.39, 0.29) is 23.6 Å². The third-order valence-electron chi connectivity index (χ3n) is 4.77. The molecule has 0 aliphatic carbocycles. The van der Waals surface area contributed by atoms with E-state index in [4.69, 9.17) is 11.6 Å². The van der Waals surface area contributed by atoms with E-state index in [9.17, 15) is 13.2 Å². The molecule has 1 unspecified atom stereocenters. The van der Waals surface area contributed by atoms with Crippen LogP contribution < -0.4 is 5.32 Å². The van der Waals surface area contributed by atoms with Crippen molar-refractivity contribution in [1.82, 2.24) is 9.80 Å². The molecule has 2 fully saturated rings. The third-order valence-corrected chi connectivity index (χ3v) is 6.75. The molecule has 132 valence electrons. The van der Waals surface area contributed by atoms with E-state index < -0.39 is 9.84 Å². The third kappa shape index (κ3) is 4.02. The van der Waals surface area contributed by atoms with Crippen molar-refractivity contribution in [3.05, 3.63) is 28.8 Å². The van der Waals surface area contributed by atoms with Gasteiger partial charge in [0.05, 0.1) is 11.5 Å². The minimum absolute atomic E-state index is 0.107. The van der Waals surface area contributed by atoms with Gasteiger partial charge >= 0.3 is 6.03 Å². The molecular formula is C16H22ClN3O3S. The van der Waals surface area contributed by atoms with Crippen molar-refractivity contribution in [3.63, 3.8) is 0 Å². The van der Waals surface area contributed by atoms with Crippen LogP contribution in [0.2, 0.25) is 5.02 Å². The maximum Gasteiger partial charge on any atom is 0.321 e. The maximum absolute atomic E-state index is 12.4. The number of benzene rings is 1. The molecule has 0 aromatic heterocycles. The summed E-state index contributed by atoms with van der Waals surface area (Å²) in [5.41, 5.74) is 1.68. The summed E-state index contributed by atoms with van der Waals surface area (Å²) in [4.78, 5) is 16.4. The van der Waals surface area contributed by atoms with E-state index in [1.807, 2.05) is 13.0 Å². The number of hydrogen-bond donors (Lipinski definition) is 1. The molecule has 1 atom stereocenters. The van der Waals surface area contributed by atoms with E-state index in [0.29, 0.717) is 37.6 Å². The van der Waals surface area contributed by atoms with Gasteiger partial charge in [0, 0.05) is 42.9 Å². The van der Waals surface area contributed by atoms with Gasteiger partial charge in [-0.15, -0.1) is 0 Å². The number of aryl methyl sites for hydroxylation is 1. The van der Waals surface area contributed by atoms with Gasteiger partial charge in [-0.2, -0.15) is 0 Å². The number of hydrogen-bond acceptors (Lipinski definition) is 4. The van der Waals surface area contributed by atoms with Crippen molar-refractivity contribution in [3.8, 4) is 0 Å². The first kappa shape index (κ1) is 17.5. The van der Waals surface area contributed by atoms with E-state index in [1.54, 1.807) is 17.0 Å². The smallest absolute Gasteiger partial charge is 0.321 e. The first-order chi connectivity index (χ1) is 11.3. The summed E-state index contributed by atoms with van der Waals surface area (Å²) in [5, 5.41) is 3.49. The van der Waals surface area contributed by atoms with E-state index >= 15 is 0 Å². The Hall–Kier alpha value is -1.31. The number of carbonyl (C=O) groups is 1. The standard InChI is InChI=1S/C16H22ClN3O3S/c1-12-2-3-13(17)10-15(12)18-16(21)20-7-5-19(6-8-20)14-4-9-24(22,23)11-14/h2-3,10,14H,4-9,11H2,1H3,(H,18,21). The van der Waals surface area contributed by atoms with Crippen LogP contribution in [0.3, 0.4) is 0 Å². The Kier molecular flexibility index (Phi) is 5.03. The van der Waals surface area contributed by atoms with Gasteiger partial charge in [-0.3, -0.25) is 4.90 Å². The molecule has 1 N–H and O–H groups in total. The fourth-order valence-electron chi connectivity index (χ4n) is 3.28. The molecule has 24 heavy (non-hydrogen) atoms. The summed E-state index contributed by atoms with van der Waals surface area (Å²) in [6, 6.07) is 5.38. The Bertz CT molecular complexity index is 730. The van der Waals surface area contributed by atoms with Gasteiger partial charge in [-0.05, 0) is 31.0 Å². The highest BCUT2D eigenvalue weighted by Crippen LogP contribution is 2.22. The fourth-order valence-corrected chi connectivity index (χ4v) is 5.21. The minimum atomic E-state index is -2.87. The molecule has 8 heteroatoms. The van der Waals surface area contributed by atoms with E-state index in [2.05, 4.69) is 10.2 Å². The number of rotatable bonds is 2. The van der Waals surface area contributed by atoms with Gasteiger partial charge in [0.1, 0.15) is 0 Å². The number of anilines is 1. The Morgan fingerprint density at radius 1 is 1.25 bits per heavy atom. The zero-order valence-corrected chi connectivity index (χ0v) is 15.2. The van der Waals surface area contributed by atoms with Crippen molar-refractivity contribution in [2.75, 3.05) is 43.0 Å². The van der Waals surface area contributed by atoms with Crippen molar-refractivity contribution in [1.29, 1.82) is 0 Å². The monoisotopic (exact) mass is 371 g/mol. The molecular weight excluding hydrogens is 350 g/mol. The molecule has 0 radical (unpaired) electrons. The fraction of sp³-hybridized carbons (Fsp3) is 0.562. The van der Waals surface area contributed by atoms with Crippen LogP contribution in [0.5, 0.6) is 0 Å². The number of piperazine rings is 1. The second-order valence-electron chi connectivity index (χ2n) is 6.47. The van der Waals surface area contributed by atoms with Crippen LogP contribution in [0.4, 0.5) is 10.5 Å². The summed E-state index contributed by atoms with van der Waals surface area (Å²) >= 11 is 5.98. The molecule has 2 heterocycles. The molecule has 1 aromatic rings. The lowest BCUT2D eigenvalue weighted by Crippen LogP contribution is -2.53. The molecule has 0 bridgehead atoms. The van der Waals surface area contributed by atoms with Crippen molar-refractivity contribution in [2.45, 2.75) is 19.4 Å². The topological polar surface area (TPSA) is 69.7 Å². The van der Waals surface area contributed by atoms with Gasteiger partial charge in [-0.25, -0.2) is 13.2 Å². The molecule has 2 aliphatic heterocycles.